The van der Waals surface area contributed by atoms with Crippen molar-refractivity contribution >= 4 is 17.6 Å². The second-order valence-corrected chi connectivity index (χ2v) is 5.17. The van der Waals surface area contributed by atoms with Crippen LogP contribution in [0.4, 0.5) is 5.82 Å². The van der Waals surface area contributed by atoms with E-state index in [0.29, 0.717) is 21.7 Å². The van der Waals surface area contributed by atoms with Gasteiger partial charge in [0.15, 0.2) is 21.7 Å². The summed E-state index contributed by atoms with van der Waals surface area (Å²) >= 11 is 1.37. The highest BCUT2D eigenvalue weighted by Crippen LogP contribution is 2.35. The van der Waals surface area contributed by atoms with Gasteiger partial charge in [0.05, 0.1) is 7.11 Å². The van der Waals surface area contributed by atoms with Crippen LogP contribution in [0.2, 0.25) is 0 Å². The van der Waals surface area contributed by atoms with Gasteiger partial charge < -0.3 is 10.1 Å². The van der Waals surface area contributed by atoms with Crippen LogP contribution in [0.3, 0.4) is 0 Å². The number of ether oxygens (including phenoxy) is 1. The van der Waals surface area contributed by atoms with Crippen LogP contribution >= 0.6 is 11.8 Å². The third-order valence-corrected chi connectivity index (χ3v) is 3.86. The topological polar surface area (TPSA) is 72.8 Å². The summed E-state index contributed by atoms with van der Waals surface area (Å²) in [6, 6.07) is 0. The molecule has 0 spiro atoms. The van der Waals surface area contributed by atoms with E-state index in [2.05, 4.69) is 25.3 Å². The second-order valence-electron chi connectivity index (χ2n) is 4.21. The van der Waals surface area contributed by atoms with Crippen molar-refractivity contribution in [1.82, 2.24) is 19.9 Å². The summed E-state index contributed by atoms with van der Waals surface area (Å²) in [7, 11) is 3.38. The number of nitrogens with one attached hydrogen (secondary N) is 1. The van der Waals surface area contributed by atoms with E-state index >= 15 is 0 Å². The lowest BCUT2D eigenvalue weighted by atomic mass is 10.2. The second kappa shape index (κ2) is 6.04. The highest BCUT2D eigenvalue weighted by atomic mass is 32.2. The maximum atomic E-state index is 5.36. The smallest absolute Gasteiger partial charge is 0.194 e. The summed E-state index contributed by atoms with van der Waals surface area (Å²) < 4.78 is 5.36. The highest BCUT2D eigenvalue weighted by molar-refractivity contribution is 7.99. The van der Waals surface area contributed by atoms with E-state index < -0.39 is 0 Å². The van der Waals surface area contributed by atoms with Gasteiger partial charge in [-0.15, -0.1) is 0 Å². The Morgan fingerprint density at radius 3 is 2.30 bits per heavy atom. The van der Waals surface area contributed by atoms with Gasteiger partial charge in [-0.2, -0.15) is 0 Å². The molecule has 2 heterocycles. The number of aryl methyl sites for hydroxylation is 2. The van der Waals surface area contributed by atoms with Gasteiger partial charge in [-0.25, -0.2) is 19.9 Å². The molecule has 0 aliphatic heterocycles. The van der Waals surface area contributed by atoms with Crippen molar-refractivity contribution in [2.45, 2.75) is 31.0 Å². The first-order chi connectivity index (χ1) is 9.56. The molecule has 20 heavy (non-hydrogen) atoms. The van der Waals surface area contributed by atoms with Crippen molar-refractivity contribution in [3.63, 3.8) is 0 Å². The fourth-order valence-corrected chi connectivity index (χ4v) is 2.58. The van der Waals surface area contributed by atoms with Gasteiger partial charge in [-0.3, -0.25) is 0 Å². The van der Waals surface area contributed by atoms with E-state index in [4.69, 9.17) is 4.74 Å². The van der Waals surface area contributed by atoms with E-state index in [1.165, 1.54) is 18.1 Å². The molecule has 6 nitrogen and oxygen atoms in total. The van der Waals surface area contributed by atoms with Gasteiger partial charge in [0.25, 0.3) is 0 Å². The third kappa shape index (κ3) is 2.82. The molecule has 0 fully saturated rings. The molecule has 0 aliphatic carbocycles. The summed E-state index contributed by atoms with van der Waals surface area (Å²) in [5.74, 6) is 1.24. The number of hydrogen-bond donors (Lipinski definition) is 1. The molecule has 0 aliphatic rings. The third-order valence-electron chi connectivity index (χ3n) is 3.01. The SMILES string of the molecule is CNc1ncnc(Sc2nc(C)c(C)c(C)n2)c1OC. The Labute approximate surface area is 122 Å². The predicted molar refractivity (Wildman–Crippen MR) is 78.5 cm³/mol. The predicted octanol–water partition coefficient (Wildman–Crippen LogP) is 2.39. The molecular weight excluding hydrogens is 274 g/mol. The van der Waals surface area contributed by atoms with E-state index in [9.17, 15) is 0 Å². The van der Waals surface area contributed by atoms with Crippen molar-refractivity contribution in [2.75, 3.05) is 19.5 Å². The van der Waals surface area contributed by atoms with Gasteiger partial charge >= 0.3 is 0 Å². The zero-order valence-electron chi connectivity index (χ0n) is 12.2. The summed E-state index contributed by atoms with van der Waals surface area (Å²) in [6.45, 7) is 5.97. The Balaban J connectivity index is 2.40. The minimum absolute atomic E-state index is 0.597. The maximum Gasteiger partial charge on any atom is 0.194 e. The van der Waals surface area contributed by atoms with E-state index in [-0.39, 0.29) is 0 Å². The molecule has 0 saturated heterocycles. The normalized spacial score (nSPS) is 10.4. The Hall–Kier alpha value is -1.89. The fourth-order valence-electron chi connectivity index (χ4n) is 1.67. The van der Waals surface area contributed by atoms with Gasteiger partial charge in [0.1, 0.15) is 6.33 Å². The van der Waals surface area contributed by atoms with Crippen molar-refractivity contribution < 1.29 is 4.74 Å². The lowest BCUT2D eigenvalue weighted by Crippen LogP contribution is -2.01. The Bertz CT molecular complexity index is 609. The van der Waals surface area contributed by atoms with Crippen LogP contribution in [-0.2, 0) is 0 Å². The van der Waals surface area contributed by atoms with Gasteiger partial charge in [-0.05, 0) is 38.1 Å². The number of nitrogens with zero attached hydrogens (tertiary/aromatic N) is 4. The molecule has 0 unspecified atom stereocenters. The number of aromatic nitrogens is 4. The molecule has 106 valence electrons. The zero-order chi connectivity index (χ0) is 14.7. The first-order valence-corrected chi connectivity index (χ1v) is 6.95. The van der Waals surface area contributed by atoms with Crippen LogP contribution in [0.15, 0.2) is 16.5 Å². The lowest BCUT2D eigenvalue weighted by Gasteiger charge is -2.11. The number of methoxy groups -OCH3 is 1. The van der Waals surface area contributed by atoms with Gasteiger partial charge in [-0.1, -0.05) is 0 Å². The van der Waals surface area contributed by atoms with E-state index in [0.717, 1.165) is 17.0 Å². The minimum atomic E-state index is 0.597. The largest absolute Gasteiger partial charge is 0.490 e. The average Bonchev–Trinajstić information content (AvgIpc) is 2.44. The van der Waals surface area contributed by atoms with Crippen LogP contribution in [0.25, 0.3) is 0 Å². The summed E-state index contributed by atoms with van der Waals surface area (Å²) in [5.41, 5.74) is 3.06. The molecule has 0 aromatic carbocycles. The van der Waals surface area contributed by atoms with Gasteiger partial charge in [0, 0.05) is 18.4 Å². The van der Waals surface area contributed by atoms with E-state index in [1.807, 2.05) is 20.8 Å². The summed E-state index contributed by atoms with van der Waals surface area (Å²) in [4.78, 5) is 17.3. The number of rotatable bonds is 4. The Kier molecular flexibility index (Phi) is 4.39. The standard InChI is InChI=1S/C13H17N5OS/c1-7-8(2)17-13(18-9(7)3)20-12-10(19-5)11(14-4)15-6-16-12/h6H,1-5H3,(H,14,15,16). The Morgan fingerprint density at radius 2 is 1.75 bits per heavy atom. The lowest BCUT2D eigenvalue weighted by molar-refractivity contribution is 0.400. The fraction of sp³-hybridized carbons (Fsp3) is 0.385. The highest BCUT2D eigenvalue weighted by Gasteiger charge is 2.15. The van der Waals surface area contributed by atoms with Crippen LogP contribution in [0.1, 0.15) is 17.0 Å². The summed E-state index contributed by atoms with van der Waals surface area (Å²) in [5, 5.41) is 4.32. The van der Waals surface area contributed by atoms with Crippen LogP contribution in [0, 0.1) is 20.8 Å². The summed E-state index contributed by atoms with van der Waals surface area (Å²) in [6.07, 6.45) is 1.49. The van der Waals surface area contributed by atoms with Crippen LogP contribution < -0.4 is 10.1 Å². The molecule has 1 N–H and O–H groups in total. The zero-order valence-corrected chi connectivity index (χ0v) is 13.0. The van der Waals surface area contributed by atoms with Crippen LogP contribution in [-0.4, -0.2) is 34.1 Å². The van der Waals surface area contributed by atoms with Crippen molar-refractivity contribution in [2.24, 2.45) is 0 Å². The van der Waals surface area contributed by atoms with Crippen LogP contribution in [0.5, 0.6) is 5.75 Å². The van der Waals surface area contributed by atoms with Crippen molar-refractivity contribution in [3.05, 3.63) is 23.3 Å². The molecule has 2 rings (SSSR count). The molecule has 0 radical (unpaired) electrons. The maximum absolute atomic E-state index is 5.36. The van der Waals surface area contributed by atoms with Crippen molar-refractivity contribution in [1.29, 1.82) is 0 Å². The quantitative estimate of drug-likeness (QED) is 0.685. The molecule has 0 bridgehead atoms. The first kappa shape index (κ1) is 14.5. The average molecular weight is 291 g/mol. The molecule has 2 aromatic heterocycles. The molecule has 2 aromatic rings. The number of anilines is 1. The minimum Gasteiger partial charge on any atom is -0.490 e. The first-order valence-electron chi connectivity index (χ1n) is 6.13. The monoisotopic (exact) mass is 291 g/mol. The molecular formula is C13H17N5OS. The molecule has 0 atom stereocenters. The Morgan fingerprint density at radius 1 is 1.10 bits per heavy atom. The van der Waals surface area contributed by atoms with Crippen molar-refractivity contribution in [3.8, 4) is 5.75 Å². The molecule has 7 heteroatoms. The molecule has 0 saturated carbocycles. The number of hydrogen-bond acceptors (Lipinski definition) is 7. The van der Waals surface area contributed by atoms with E-state index in [1.54, 1.807) is 14.2 Å². The van der Waals surface area contributed by atoms with Gasteiger partial charge in [0.2, 0.25) is 0 Å². The molecule has 0 amide bonds.